The first-order valence-electron chi connectivity index (χ1n) is 4.47. The average molecular weight is 224 g/mol. The minimum absolute atomic E-state index is 0.296. The highest BCUT2D eigenvalue weighted by Gasteiger charge is 2.11. The number of hydrogen-bond donors (Lipinski definition) is 0. The van der Waals surface area contributed by atoms with E-state index in [1.165, 1.54) is 13.8 Å². The molecule has 0 aromatic heterocycles. The van der Waals surface area contributed by atoms with E-state index in [1.54, 1.807) is 12.1 Å². The quantitative estimate of drug-likeness (QED) is 0.387. The Morgan fingerprint density at radius 3 is 2.27 bits per heavy atom. The largest absolute Gasteiger partial charge is 0.423 e. The fourth-order valence-corrected chi connectivity index (χ4v) is 1.68. The Hall–Kier alpha value is -1.62. The van der Waals surface area contributed by atoms with Crippen LogP contribution in [0.3, 0.4) is 0 Å². The summed E-state index contributed by atoms with van der Waals surface area (Å²) < 4.78 is 9.93. The molecule has 0 atom stereocenters. The van der Waals surface area contributed by atoms with Crippen molar-refractivity contribution in [2.24, 2.45) is 0 Å². The molecule has 0 spiro atoms. The molecule has 0 heterocycles. The predicted molar refractivity (Wildman–Crippen MR) is 58.6 cm³/mol. The van der Waals surface area contributed by atoms with E-state index in [1.807, 2.05) is 6.07 Å². The van der Waals surface area contributed by atoms with Gasteiger partial charge in [0.05, 0.1) is 0 Å². The SMILES string of the molecule is CC(=O)Oc1cccc([SiH3])c1OC(C)=O. The Morgan fingerprint density at radius 1 is 1.13 bits per heavy atom. The van der Waals surface area contributed by atoms with E-state index in [0.717, 1.165) is 5.19 Å². The molecule has 0 bridgehead atoms. The van der Waals surface area contributed by atoms with Crippen LogP contribution in [0.25, 0.3) is 0 Å². The Morgan fingerprint density at radius 2 is 1.73 bits per heavy atom. The molecule has 0 radical (unpaired) electrons. The van der Waals surface area contributed by atoms with E-state index in [2.05, 4.69) is 0 Å². The van der Waals surface area contributed by atoms with Crippen molar-refractivity contribution in [3.63, 3.8) is 0 Å². The summed E-state index contributed by atoms with van der Waals surface area (Å²) in [6.07, 6.45) is 0. The third-order valence-corrected chi connectivity index (χ3v) is 2.46. The molecule has 5 heteroatoms. The van der Waals surface area contributed by atoms with Gasteiger partial charge in [0, 0.05) is 24.1 Å². The van der Waals surface area contributed by atoms with Gasteiger partial charge in [0.15, 0.2) is 11.5 Å². The molecule has 4 nitrogen and oxygen atoms in total. The normalized spacial score (nSPS) is 9.73. The summed E-state index contributed by atoms with van der Waals surface area (Å²) in [6, 6.07) is 5.19. The van der Waals surface area contributed by atoms with Crippen LogP contribution in [0.4, 0.5) is 0 Å². The molecule has 15 heavy (non-hydrogen) atoms. The highest BCUT2D eigenvalue weighted by Crippen LogP contribution is 2.24. The van der Waals surface area contributed by atoms with Gasteiger partial charge >= 0.3 is 11.9 Å². The molecule has 0 saturated carbocycles. The molecule has 0 fully saturated rings. The topological polar surface area (TPSA) is 52.6 Å². The molecule has 1 aromatic rings. The first-order valence-corrected chi connectivity index (χ1v) is 5.47. The van der Waals surface area contributed by atoms with Gasteiger partial charge in [-0.25, -0.2) is 0 Å². The first kappa shape index (κ1) is 11.5. The monoisotopic (exact) mass is 224 g/mol. The van der Waals surface area contributed by atoms with E-state index in [-0.39, 0.29) is 0 Å². The zero-order valence-corrected chi connectivity index (χ0v) is 10.9. The molecule has 1 aromatic carbocycles. The standard InChI is InChI=1S/C10H12O4Si/c1-6(11)13-8-4-3-5-9(15)10(8)14-7(2)12/h3-5H,1-2,15H3. The molecule has 0 aliphatic rings. The second-order valence-corrected chi connectivity index (χ2v) is 4.17. The van der Waals surface area contributed by atoms with Gasteiger partial charge in [-0.3, -0.25) is 9.59 Å². The zero-order valence-electron chi connectivity index (χ0n) is 8.87. The third kappa shape index (κ3) is 3.21. The number of ether oxygens (including phenoxy) is 2. The van der Waals surface area contributed by atoms with Crippen molar-refractivity contribution in [1.82, 2.24) is 0 Å². The van der Waals surface area contributed by atoms with E-state index < -0.39 is 11.9 Å². The highest BCUT2D eigenvalue weighted by molar-refractivity contribution is 6.34. The van der Waals surface area contributed by atoms with E-state index in [0.29, 0.717) is 21.7 Å². The molecule has 1 rings (SSSR count). The number of carbonyl (C=O) groups is 2. The molecule has 0 N–H and O–H groups in total. The Labute approximate surface area is 90.6 Å². The van der Waals surface area contributed by atoms with Crippen molar-refractivity contribution in [2.45, 2.75) is 13.8 Å². The molecule has 0 unspecified atom stereocenters. The molecular weight excluding hydrogens is 212 g/mol. The van der Waals surface area contributed by atoms with Crippen LogP contribution in [-0.2, 0) is 9.59 Å². The zero-order chi connectivity index (χ0) is 11.4. The lowest BCUT2D eigenvalue weighted by molar-refractivity contribution is -0.134. The fourth-order valence-electron chi connectivity index (χ4n) is 1.14. The first-order chi connectivity index (χ1) is 7.00. The van der Waals surface area contributed by atoms with Crippen LogP contribution in [-0.4, -0.2) is 22.2 Å². The molecule has 0 amide bonds. The lowest BCUT2D eigenvalue weighted by atomic mass is 10.3. The van der Waals surface area contributed by atoms with Gasteiger partial charge in [-0.15, -0.1) is 0 Å². The summed E-state index contributed by atoms with van der Waals surface area (Å²) in [5.41, 5.74) is 0. The van der Waals surface area contributed by atoms with Crippen molar-refractivity contribution in [2.75, 3.05) is 0 Å². The minimum atomic E-state index is -0.435. The number of para-hydroxylation sites is 1. The highest BCUT2D eigenvalue weighted by atomic mass is 28.1. The number of carbonyl (C=O) groups excluding carboxylic acids is 2. The Bertz CT molecular complexity index is 400. The average Bonchev–Trinajstić information content (AvgIpc) is 2.09. The van der Waals surface area contributed by atoms with Gasteiger partial charge in [-0.05, 0) is 11.3 Å². The third-order valence-electron chi connectivity index (χ3n) is 1.68. The Kier molecular flexibility index (Phi) is 3.62. The molecule has 80 valence electrons. The smallest absolute Gasteiger partial charge is 0.308 e. The van der Waals surface area contributed by atoms with Crippen LogP contribution < -0.4 is 14.7 Å². The summed E-state index contributed by atoms with van der Waals surface area (Å²) in [4.78, 5) is 21.7. The number of hydrogen-bond acceptors (Lipinski definition) is 4. The number of esters is 2. The second-order valence-electron chi connectivity index (χ2n) is 3.09. The second kappa shape index (κ2) is 4.74. The van der Waals surface area contributed by atoms with Crippen LogP contribution in [0.1, 0.15) is 13.8 Å². The molecular formula is C10H12O4Si. The van der Waals surface area contributed by atoms with Gasteiger partial charge in [0.1, 0.15) is 0 Å². The van der Waals surface area contributed by atoms with Gasteiger partial charge in [0.2, 0.25) is 0 Å². The lowest BCUT2D eigenvalue weighted by Gasteiger charge is -2.10. The van der Waals surface area contributed by atoms with E-state index in [4.69, 9.17) is 9.47 Å². The van der Waals surface area contributed by atoms with Gasteiger partial charge in [0.25, 0.3) is 0 Å². The van der Waals surface area contributed by atoms with Crippen LogP contribution in [0.2, 0.25) is 0 Å². The van der Waals surface area contributed by atoms with Gasteiger partial charge in [-0.1, -0.05) is 12.1 Å². The van der Waals surface area contributed by atoms with Crippen LogP contribution >= 0.6 is 0 Å². The van der Waals surface area contributed by atoms with Crippen molar-refractivity contribution in [1.29, 1.82) is 0 Å². The summed E-state index contributed by atoms with van der Waals surface area (Å²) in [5.74, 6) is -0.209. The molecule has 0 saturated heterocycles. The van der Waals surface area contributed by atoms with Crippen LogP contribution in [0, 0.1) is 0 Å². The minimum Gasteiger partial charge on any atom is -0.423 e. The lowest BCUT2D eigenvalue weighted by Crippen LogP contribution is -2.15. The summed E-state index contributed by atoms with van der Waals surface area (Å²) in [6.45, 7) is 2.61. The summed E-state index contributed by atoms with van der Waals surface area (Å²) in [7, 11) is 0.711. The fraction of sp³-hybridized carbons (Fsp3) is 0.200. The number of rotatable bonds is 2. The van der Waals surface area contributed by atoms with Crippen LogP contribution in [0.15, 0.2) is 18.2 Å². The maximum atomic E-state index is 10.9. The van der Waals surface area contributed by atoms with Gasteiger partial charge in [-0.2, -0.15) is 0 Å². The van der Waals surface area contributed by atoms with E-state index >= 15 is 0 Å². The van der Waals surface area contributed by atoms with Crippen molar-refractivity contribution >= 4 is 27.4 Å². The Balaban J connectivity index is 3.08. The predicted octanol–water partition coefficient (Wildman–Crippen LogP) is -0.472. The van der Waals surface area contributed by atoms with Crippen molar-refractivity contribution in [3.05, 3.63) is 18.2 Å². The van der Waals surface area contributed by atoms with Gasteiger partial charge < -0.3 is 9.47 Å². The summed E-state index contributed by atoms with van der Waals surface area (Å²) >= 11 is 0. The maximum Gasteiger partial charge on any atom is 0.308 e. The number of benzene rings is 1. The molecule has 0 aliphatic heterocycles. The van der Waals surface area contributed by atoms with Crippen molar-refractivity contribution in [3.8, 4) is 11.5 Å². The van der Waals surface area contributed by atoms with Crippen LogP contribution in [0.5, 0.6) is 11.5 Å². The van der Waals surface area contributed by atoms with Crippen molar-refractivity contribution < 1.29 is 19.1 Å². The maximum absolute atomic E-state index is 10.9. The summed E-state index contributed by atoms with van der Waals surface area (Å²) in [5, 5.41) is 0.879. The van der Waals surface area contributed by atoms with E-state index in [9.17, 15) is 9.59 Å². The molecule has 0 aliphatic carbocycles.